The number of urea groups is 1. The van der Waals surface area contributed by atoms with E-state index in [0.29, 0.717) is 6.54 Å². The number of hydrogen-bond donors (Lipinski definition) is 1. The molecule has 2 saturated heterocycles. The van der Waals surface area contributed by atoms with Crippen molar-refractivity contribution in [3.63, 3.8) is 0 Å². The second-order valence-electron chi connectivity index (χ2n) is 8.44. The summed E-state index contributed by atoms with van der Waals surface area (Å²) in [6.45, 7) is 2.16. The Bertz CT molecular complexity index is 1060. The van der Waals surface area contributed by atoms with E-state index in [1.807, 2.05) is 31.2 Å². The molecular formula is C24H28FN5O4. The summed E-state index contributed by atoms with van der Waals surface area (Å²) in [5, 5.41) is 5.96. The number of likely N-dealkylation sites (N-methyl/N-ethyl adjacent to an activating group) is 1. The second kappa shape index (κ2) is 9.68. The Morgan fingerprint density at radius 2 is 1.76 bits per heavy atom. The highest BCUT2D eigenvalue weighted by molar-refractivity contribution is 5.89. The van der Waals surface area contributed by atoms with Crippen molar-refractivity contribution in [2.75, 3.05) is 33.8 Å². The fourth-order valence-corrected chi connectivity index (χ4v) is 4.36. The van der Waals surface area contributed by atoms with E-state index in [1.165, 1.54) is 22.0 Å². The fourth-order valence-electron chi connectivity index (χ4n) is 4.36. The number of fused-ring (bicyclic) bond motifs is 1. The number of halogens is 1. The first-order valence-corrected chi connectivity index (χ1v) is 11.0. The molecule has 9 nitrogen and oxygen atoms in total. The van der Waals surface area contributed by atoms with E-state index in [-0.39, 0.29) is 49.3 Å². The Hall–Kier alpha value is -3.66. The number of amides is 4. The summed E-state index contributed by atoms with van der Waals surface area (Å²) in [5.74, 6) is -0.0627. The Kier molecular flexibility index (Phi) is 6.69. The van der Waals surface area contributed by atoms with Crippen molar-refractivity contribution >= 4 is 17.8 Å². The Morgan fingerprint density at radius 1 is 1.09 bits per heavy atom. The molecule has 4 amide bonds. The minimum Gasteiger partial charge on any atom is -0.497 e. The molecule has 2 aliphatic rings. The summed E-state index contributed by atoms with van der Waals surface area (Å²) in [6.07, 6.45) is -0.650. The maximum atomic E-state index is 13.4. The van der Waals surface area contributed by atoms with Gasteiger partial charge in [-0.3, -0.25) is 9.59 Å². The van der Waals surface area contributed by atoms with Crippen LogP contribution in [0.2, 0.25) is 0 Å². The smallest absolute Gasteiger partial charge is 0.334 e. The van der Waals surface area contributed by atoms with Gasteiger partial charge in [0.25, 0.3) is 0 Å². The Balaban J connectivity index is 1.51. The van der Waals surface area contributed by atoms with Crippen LogP contribution in [-0.4, -0.2) is 77.6 Å². The molecule has 4 rings (SSSR count). The molecule has 2 unspecified atom stereocenters. The predicted molar refractivity (Wildman–Crippen MR) is 122 cm³/mol. The van der Waals surface area contributed by atoms with Crippen molar-refractivity contribution in [2.24, 2.45) is 0 Å². The standard InChI is InChI=1S/C24H28FN5O4/c1-16(18-6-8-19(25)9-7-18)28-13-21-29(15-23(28)32)22(31)14-27(2)30(21)24(33)26-12-17-4-10-20(34-3)11-5-17/h4-11,16,21H,12-15H2,1-3H3,(H,26,33). The number of nitrogens with zero attached hydrogens (tertiary/aromatic N) is 4. The minimum absolute atomic E-state index is 0.00669. The van der Waals surface area contributed by atoms with E-state index >= 15 is 0 Å². The number of hydrazine groups is 1. The van der Waals surface area contributed by atoms with Gasteiger partial charge in [0.2, 0.25) is 11.8 Å². The molecule has 1 N–H and O–H groups in total. The summed E-state index contributed by atoms with van der Waals surface area (Å²) in [5.41, 5.74) is 1.67. The van der Waals surface area contributed by atoms with Gasteiger partial charge in [0.1, 0.15) is 24.3 Å². The van der Waals surface area contributed by atoms with Crippen LogP contribution in [0.3, 0.4) is 0 Å². The normalized spacial score (nSPS) is 19.6. The number of benzene rings is 2. The highest BCUT2D eigenvalue weighted by Crippen LogP contribution is 2.28. The number of carbonyl (C=O) groups is 3. The Morgan fingerprint density at radius 3 is 2.41 bits per heavy atom. The van der Waals surface area contributed by atoms with Crippen molar-refractivity contribution in [3.8, 4) is 5.75 Å². The molecule has 0 bridgehead atoms. The van der Waals surface area contributed by atoms with Crippen LogP contribution < -0.4 is 10.1 Å². The molecule has 2 atom stereocenters. The van der Waals surface area contributed by atoms with Gasteiger partial charge >= 0.3 is 6.03 Å². The lowest BCUT2D eigenvalue weighted by molar-refractivity contribution is -0.180. The molecule has 0 radical (unpaired) electrons. The van der Waals surface area contributed by atoms with Gasteiger partial charge in [-0.15, -0.1) is 0 Å². The first kappa shape index (κ1) is 23.5. The summed E-state index contributed by atoms with van der Waals surface area (Å²) in [7, 11) is 3.26. The fraction of sp³-hybridized carbons (Fsp3) is 0.375. The third kappa shape index (κ3) is 4.67. The number of rotatable bonds is 5. The number of carbonyl (C=O) groups excluding carboxylic acids is 3. The summed E-state index contributed by atoms with van der Waals surface area (Å²) < 4.78 is 18.5. The molecule has 0 spiro atoms. The zero-order valence-corrected chi connectivity index (χ0v) is 19.4. The van der Waals surface area contributed by atoms with Gasteiger partial charge in [0.05, 0.1) is 26.2 Å². The zero-order valence-electron chi connectivity index (χ0n) is 19.4. The first-order chi connectivity index (χ1) is 16.3. The van der Waals surface area contributed by atoms with Gasteiger partial charge < -0.3 is 19.9 Å². The molecule has 0 aromatic heterocycles. The van der Waals surface area contributed by atoms with Gasteiger partial charge in [-0.1, -0.05) is 24.3 Å². The molecule has 2 aromatic carbocycles. The van der Waals surface area contributed by atoms with Crippen LogP contribution in [0.25, 0.3) is 0 Å². The number of methoxy groups -OCH3 is 1. The third-order valence-corrected chi connectivity index (χ3v) is 6.31. The van der Waals surface area contributed by atoms with Crippen molar-refractivity contribution in [3.05, 3.63) is 65.5 Å². The maximum Gasteiger partial charge on any atom is 0.334 e. The molecule has 2 aliphatic heterocycles. The van der Waals surface area contributed by atoms with Gasteiger partial charge in [-0.2, -0.15) is 0 Å². The molecule has 2 aromatic rings. The van der Waals surface area contributed by atoms with E-state index in [9.17, 15) is 18.8 Å². The molecule has 2 fully saturated rings. The lowest BCUT2D eigenvalue weighted by Crippen LogP contribution is -2.73. The summed E-state index contributed by atoms with van der Waals surface area (Å²) in [4.78, 5) is 41.9. The lowest BCUT2D eigenvalue weighted by atomic mass is 10.0. The molecule has 10 heteroatoms. The largest absolute Gasteiger partial charge is 0.497 e. The predicted octanol–water partition coefficient (Wildman–Crippen LogP) is 1.96. The average Bonchev–Trinajstić information content (AvgIpc) is 2.83. The SMILES string of the molecule is COc1ccc(CNC(=O)N2C3CN(C(C)c4ccc(F)cc4)C(=O)CN3C(=O)CN2C)cc1. The third-order valence-electron chi connectivity index (χ3n) is 6.31. The van der Waals surface area contributed by atoms with Crippen LogP contribution in [0.1, 0.15) is 24.1 Å². The first-order valence-electron chi connectivity index (χ1n) is 11.0. The van der Waals surface area contributed by atoms with Crippen molar-refractivity contribution < 1.29 is 23.5 Å². The van der Waals surface area contributed by atoms with Crippen LogP contribution in [0.5, 0.6) is 5.75 Å². The number of hydrogen-bond acceptors (Lipinski definition) is 5. The zero-order chi connectivity index (χ0) is 24.4. The molecule has 180 valence electrons. The highest BCUT2D eigenvalue weighted by Gasteiger charge is 2.46. The molecule has 34 heavy (non-hydrogen) atoms. The van der Waals surface area contributed by atoms with Crippen LogP contribution in [0, 0.1) is 5.82 Å². The number of piperazine rings is 1. The van der Waals surface area contributed by atoms with Crippen molar-refractivity contribution in [1.82, 2.24) is 25.1 Å². The van der Waals surface area contributed by atoms with Crippen LogP contribution in [0.15, 0.2) is 48.5 Å². The summed E-state index contributed by atoms with van der Waals surface area (Å²) >= 11 is 0. The van der Waals surface area contributed by atoms with Gasteiger partial charge in [-0.05, 0) is 42.3 Å². The minimum atomic E-state index is -0.650. The quantitative estimate of drug-likeness (QED) is 0.724. The maximum absolute atomic E-state index is 13.4. The topological polar surface area (TPSA) is 85.4 Å². The van der Waals surface area contributed by atoms with Crippen molar-refractivity contribution in [1.29, 1.82) is 0 Å². The van der Waals surface area contributed by atoms with Crippen LogP contribution >= 0.6 is 0 Å². The van der Waals surface area contributed by atoms with Gasteiger partial charge in [0.15, 0.2) is 0 Å². The van der Waals surface area contributed by atoms with E-state index in [2.05, 4.69) is 5.32 Å². The second-order valence-corrected chi connectivity index (χ2v) is 8.44. The molecule has 0 aliphatic carbocycles. The van der Waals surface area contributed by atoms with E-state index in [0.717, 1.165) is 16.9 Å². The molecular weight excluding hydrogens is 441 g/mol. The molecule has 0 saturated carbocycles. The van der Waals surface area contributed by atoms with Crippen LogP contribution in [0.4, 0.5) is 9.18 Å². The van der Waals surface area contributed by atoms with E-state index in [1.54, 1.807) is 36.2 Å². The monoisotopic (exact) mass is 469 g/mol. The average molecular weight is 470 g/mol. The lowest BCUT2D eigenvalue weighted by Gasteiger charge is -2.52. The van der Waals surface area contributed by atoms with E-state index < -0.39 is 6.17 Å². The highest BCUT2D eigenvalue weighted by atomic mass is 19.1. The van der Waals surface area contributed by atoms with Crippen LogP contribution in [-0.2, 0) is 16.1 Å². The van der Waals surface area contributed by atoms with Gasteiger partial charge in [0, 0.05) is 13.6 Å². The van der Waals surface area contributed by atoms with Crippen molar-refractivity contribution in [2.45, 2.75) is 25.7 Å². The number of ether oxygens (including phenoxy) is 1. The van der Waals surface area contributed by atoms with E-state index in [4.69, 9.17) is 4.74 Å². The Labute approximate surface area is 197 Å². The van der Waals surface area contributed by atoms with Gasteiger partial charge in [-0.25, -0.2) is 19.2 Å². The number of nitrogens with one attached hydrogen (secondary N) is 1. The molecule has 2 heterocycles. The summed E-state index contributed by atoms with van der Waals surface area (Å²) in [6, 6.07) is 12.6.